The molecule has 16 nitrogen and oxygen atoms in total. The summed E-state index contributed by atoms with van der Waals surface area (Å²) < 4.78 is 1.46. The van der Waals surface area contributed by atoms with E-state index in [1.807, 2.05) is 0 Å². The van der Waals surface area contributed by atoms with Gasteiger partial charge in [0.1, 0.15) is 29.9 Å². The van der Waals surface area contributed by atoms with Crippen LogP contribution in [0.5, 0.6) is 0 Å². The maximum Gasteiger partial charge on any atom is 0.352 e. The molecule has 3 amide bonds. The first-order valence-electron chi connectivity index (χ1n) is 10.1. The van der Waals surface area contributed by atoms with E-state index in [1.165, 1.54) is 47.6 Å². The molecule has 0 spiro atoms. The minimum Gasteiger partial charge on any atom is -0.477 e. The number of anilines is 1. The first kappa shape index (κ1) is 25.0. The van der Waals surface area contributed by atoms with Crippen molar-refractivity contribution in [3.8, 4) is 0 Å². The molecular formula is C18H18N10O6S2. The fraction of sp³-hybridized carbons (Fsp3) is 0.333. The molecule has 0 aliphatic carbocycles. The summed E-state index contributed by atoms with van der Waals surface area (Å²) in [6.45, 7) is 0. The molecule has 1 saturated heterocycles. The zero-order valence-electron chi connectivity index (χ0n) is 18.7. The topological polar surface area (TPSA) is 207 Å². The molecule has 4 heterocycles. The summed E-state index contributed by atoms with van der Waals surface area (Å²) in [6.07, 6.45) is 1.68. The highest BCUT2D eigenvalue weighted by Gasteiger charge is 2.54. The van der Waals surface area contributed by atoms with Gasteiger partial charge in [-0.3, -0.25) is 24.6 Å². The number of aryl methyl sites for hydroxylation is 1. The lowest BCUT2D eigenvalue weighted by Crippen LogP contribution is -2.71. The highest BCUT2D eigenvalue weighted by Crippen LogP contribution is 2.41. The van der Waals surface area contributed by atoms with Gasteiger partial charge in [0.05, 0.1) is 0 Å². The number of hydrogen-bond donors (Lipinski definition) is 3. The van der Waals surface area contributed by atoms with E-state index in [0.29, 0.717) is 22.9 Å². The van der Waals surface area contributed by atoms with E-state index in [0.717, 1.165) is 4.90 Å². The Morgan fingerprint density at radius 2 is 2.25 bits per heavy atom. The number of fused-ring (bicyclic) bond motifs is 1. The maximum atomic E-state index is 13.0. The van der Waals surface area contributed by atoms with E-state index in [4.69, 9.17) is 4.84 Å². The van der Waals surface area contributed by atoms with Gasteiger partial charge < -0.3 is 15.3 Å². The van der Waals surface area contributed by atoms with Gasteiger partial charge in [0.2, 0.25) is 17.5 Å². The highest BCUT2D eigenvalue weighted by molar-refractivity contribution is 8.01. The molecule has 2 aromatic heterocycles. The second-order valence-corrected chi connectivity index (χ2v) is 9.19. The van der Waals surface area contributed by atoms with E-state index >= 15 is 0 Å². The fourth-order valence-corrected chi connectivity index (χ4v) is 5.74. The van der Waals surface area contributed by atoms with Gasteiger partial charge in [-0.25, -0.2) is 19.4 Å². The van der Waals surface area contributed by atoms with Gasteiger partial charge in [0.25, 0.3) is 11.8 Å². The molecule has 2 atom stereocenters. The van der Waals surface area contributed by atoms with Crippen molar-refractivity contribution in [3.63, 3.8) is 0 Å². The SMILES string of the molecule is CO/N=C(\C(=O)NC1C(=O)N2C(C(=O)O)=C(CSc3nnnn3C)CS[C@H]12)c1ccnc(NC=O)n1. The summed E-state index contributed by atoms with van der Waals surface area (Å²) in [7, 11) is 2.89. The third-order valence-corrected chi connectivity index (χ3v) is 7.41. The number of aliphatic carboxylic acids is 1. The van der Waals surface area contributed by atoms with Crippen molar-refractivity contribution in [1.29, 1.82) is 0 Å². The van der Waals surface area contributed by atoms with Crippen molar-refractivity contribution in [2.24, 2.45) is 12.2 Å². The molecule has 3 N–H and O–H groups in total. The summed E-state index contributed by atoms with van der Waals surface area (Å²) in [4.78, 5) is 62.4. The lowest BCUT2D eigenvalue weighted by atomic mass is 10.0. The van der Waals surface area contributed by atoms with Gasteiger partial charge in [-0.1, -0.05) is 16.9 Å². The Labute approximate surface area is 210 Å². The minimum atomic E-state index is -1.25. The molecule has 4 rings (SSSR count). The number of nitrogens with zero attached hydrogens (tertiary/aromatic N) is 8. The number of carboxylic acids is 1. The second-order valence-electron chi connectivity index (χ2n) is 7.14. The number of carbonyl (C=O) groups excluding carboxylic acids is 3. The van der Waals surface area contributed by atoms with Crippen molar-refractivity contribution in [2.45, 2.75) is 16.6 Å². The van der Waals surface area contributed by atoms with Crippen LogP contribution < -0.4 is 10.6 Å². The highest BCUT2D eigenvalue weighted by atomic mass is 32.2. The van der Waals surface area contributed by atoms with Crippen LogP contribution in [0.1, 0.15) is 5.69 Å². The van der Waals surface area contributed by atoms with Crippen LogP contribution in [0.4, 0.5) is 5.95 Å². The monoisotopic (exact) mass is 534 g/mol. The van der Waals surface area contributed by atoms with Gasteiger partial charge in [0, 0.05) is 24.8 Å². The predicted molar refractivity (Wildman–Crippen MR) is 124 cm³/mol. The quantitative estimate of drug-likeness (QED) is 0.104. The van der Waals surface area contributed by atoms with Crippen LogP contribution in [-0.4, -0.2) is 100 Å². The molecule has 2 aromatic rings. The van der Waals surface area contributed by atoms with Crippen LogP contribution >= 0.6 is 23.5 Å². The van der Waals surface area contributed by atoms with E-state index in [2.05, 4.69) is 41.3 Å². The number of thioether (sulfide) groups is 2. The molecule has 2 aliphatic heterocycles. The lowest BCUT2D eigenvalue weighted by molar-refractivity contribution is -0.150. The molecular weight excluding hydrogens is 516 g/mol. The lowest BCUT2D eigenvalue weighted by Gasteiger charge is -2.49. The summed E-state index contributed by atoms with van der Waals surface area (Å²) >= 11 is 2.57. The Morgan fingerprint density at radius 3 is 2.92 bits per heavy atom. The van der Waals surface area contributed by atoms with Gasteiger partial charge in [-0.15, -0.1) is 16.9 Å². The molecule has 18 heteroatoms. The van der Waals surface area contributed by atoms with Crippen LogP contribution in [0.15, 0.2) is 33.8 Å². The molecule has 2 aliphatic rings. The van der Waals surface area contributed by atoms with Crippen molar-refractivity contribution in [1.82, 2.24) is 40.4 Å². The third kappa shape index (κ3) is 4.85. The number of carboxylic acid groups (broad SMARTS) is 1. The minimum absolute atomic E-state index is 0.0392. The first-order chi connectivity index (χ1) is 17.3. The fourth-order valence-electron chi connectivity index (χ4n) is 3.41. The Morgan fingerprint density at radius 1 is 1.44 bits per heavy atom. The van der Waals surface area contributed by atoms with E-state index in [1.54, 1.807) is 7.05 Å². The van der Waals surface area contributed by atoms with Crippen LogP contribution in [0.2, 0.25) is 0 Å². The van der Waals surface area contributed by atoms with Crippen LogP contribution in [0.3, 0.4) is 0 Å². The van der Waals surface area contributed by atoms with Crippen molar-refractivity contribution in [2.75, 3.05) is 23.9 Å². The van der Waals surface area contributed by atoms with Crippen LogP contribution in [-0.2, 0) is 31.1 Å². The molecule has 0 radical (unpaired) electrons. The van der Waals surface area contributed by atoms with Gasteiger partial charge in [0.15, 0.2) is 5.71 Å². The number of nitrogens with one attached hydrogen (secondary N) is 2. The maximum absolute atomic E-state index is 13.0. The number of hydrogen-bond acceptors (Lipinski definition) is 13. The van der Waals surface area contributed by atoms with Gasteiger partial charge >= 0.3 is 5.97 Å². The van der Waals surface area contributed by atoms with Crippen molar-refractivity contribution >= 4 is 59.4 Å². The van der Waals surface area contributed by atoms with Gasteiger partial charge in [-0.2, -0.15) is 0 Å². The Bertz CT molecular complexity index is 1280. The smallest absolute Gasteiger partial charge is 0.352 e. The van der Waals surface area contributed by atoms with Crippen LogP contribution in [0.25, 0.3) is 0 Å². The zero-order valence-corrected chi connectivity index (χ0v) is 20.3. The molecule has 36 heavy (non-hydrogen) atoms. The molecule has 0 aromatic carbocycles. The summed E-state index contributed by atoms with van der Waals surface area (Å²) in [5, 5.41) is 29.4. The summed E-state index contributed by atoms with van der Waals surface area (Å²) in [5.41, 5.74) is 0.192. The van der Waals surface area contributed by atoms with Crippen LogP contribution in [0, 0.1) is 0 Å². The first-order valence-corrected chi connectivity index (χ1v) is 12.1. The van der Waals surface area contributed by atoms with E-state index < -0.39 is 29.2 Å². The van der Waals surface area contributed by atoms with Gasteiger partial charge in [-0.05, 0) is 22.1 Å². The summed E-state index contributed by atoms with van der Waals surface area (Å²) in [6, 6.07) is 0.380. The Hall–Kier alpha value is -4.06. The average Bonchev–Trinajstić information content (AvgIpc) is 3.28. The molecule has 1 unspecified atom stereocenters. The van der Waals surface area contributed by atoms with Crippen molar-refractivity contribution in [3.05, 3.63) is 29.2 Å². The number of β-lactam (4-membered cyclic amide) rings is 1. The zero-order chi connectivity index (χ0) is 25.8. The number of rotatable bonds is 10. The van der Waals surface area contributed by atoms with Crippen molar-refractivity contribution < 1.29 is 29.1 Å². The molecule has 1 fully saturated rings. The number of oxime groups is 1. The Balaban J connectivity index is 1.50. The Kier molecular flexibility index (Phi) is 7.44. The standard InChI is InChI=1S/C18H18N10O6S2/c1-27-18(23-25-26-27)36-6-8-5-35-15-11(14(31)28(15)12(8)16(32)33)22-13(30)10(24-34-2)9-3-4-19-17(21-9)20-7-29/h3-4,7,11,15H,5-6H2,1-2H3,(H,22,30)(H,32,33)(H,19,20,21,29)/b24-10-/t11?,15-/m1/s1. The predicted octanol–water partition coefficient (Wildman–Crippen LogP) is -1.55. The largest absolute Gasteiger partial charge is 0.477 e. The van der Waals surface area contributed by atoms with E-state index in [-0.39, 0.29) is 28.8 Å². The molecule has 0 saturated carbocycles. The number of tetrazole rings is 1. The molecule has 0 bridgehead atoms. The van der Waals surface area contributed by atoms with E-state index in [9.17, 15) is 24.3 Å². The normalized spacial score (nSPS) is 19.3. The third-order valence-electron chi connectivity index (χ3n) is 4.98. The number of aromatic nitrogens is 6. The molecule has 188 valence electrons. The second kappa shape index (κ2) is 10.7. The average molecular weight is 535 g/mol. The number of carbonyl (C=O) groups is 4. The number of amides is 3. The summed E-state index contributed by atoms with van der Waals surface area (Å²) in [5.74, 6) is -2.07.